The third kappa shape index (κ3) is 3.18. The molecule has 0 aliphatic carbocycles. The van der Waals surface area contributed by atoms with Crippen LogP contribution in [0.5, 0.6) is 0 Å². The van der Waals surface area contributed by atoms with Crippen molar-refractivity contribution in [2.45, 2.75) is 17.0 Å². The summed E-state index contributed by atoms with van der Waals surface area (Å²) >= 11 is 3.26. The molecular weight excluding hydrogens is 240 g/mol. The molecular formula is C10H12N4S2. The van der Waals surface area contributed by atoms with Gasteiger partial charge in [0.15, 0.2) is 4.34 Å². The van der Waals surface area contributed by atoms with Gasteiger partial charge in [0.25, 0.3) is 0 Å². The van der Waals surface area contributed by atoms with E-state index in [9.17, 15) is 0 Å². The molecule has 0 spiro atoms. The standard InChI is InChI=1S/C10H12N4S2/c1-2-11-9-5-8(3-4-12-9)6-15-10-14-13-7-16-10/h3-5,7H,2,6H2,1H3,(H,11,12). The molecule has 2 aromatic rings. The highest BCUT2D eigenvalue weighted by Gasteiger charge is 2.00. The van der Waals surface area contributed by atoms with E-state index in [1.807, 2.05) is 12.3 Å². The van der Waals surface area contributed by atoms with Crippen molar-refractivity contribution < 1.29 is 0 Å². The summed E-state index contributed by atoms with van der Waals surface area (Å²) in [4.78, 5) is 4.23. The number of pyridine rings is 1. The predicted molar refractivity (Wildman–Crippen MR) is 67.9 cm³/mol. The van der Waals surface area contributed by atoms with Crippen molar-refractivity contribution in [3.05, 3.63) is 29.4 Å². The van der Waals surface area contributed by atoms with Gasteiger partial charge in [-0.1, -0.05) is 23.1 Å². The summed E-state index contributed by atoms with van der Waals surface area (Å²) in [5.41, 5.74) is 2.99. The Balaban J connectivity index is 1.96. The minimum Gasteiger partial charge on any atom is -0.370 e. The van der Waals surface area contributed by atoms with E-state index in [1.165, 1.54) is 5.56 Å². The molecule has 0 unspecified atom stereocenters. The summed E-state index contributed by atoms with van der Waals surface area (Å²) in [7, 11) is 0. The van der Waals surface area contributed by atoms with Gasteiger partial charge < -0.3 is 5.32 Å². The van der Waals surface area contributed by atoms with Gasteiger partial charge in [-0.05, 0) is 24.6 Å². The van der Waals surface area contributed by atoms with E-state index in [0.717, 1.165) is 22.5 Å². The summed E-state index contributed by atoms with van der Waals surface area (Å²) in [6.07, 6.45) is 1.83. The van der Waals surface area contributed by atoms with Crippen LogP contribution in [0.25, 0.3) is 0 Å². The van der Waals surface area contributed by atoms with Gasteiger partial charge in [-0.15, -0.1) is 10.2 Å². The van der Waals surface area contributed by atoms with E-state index in [4.69, 9.17) is 0 Å². The van der Waals surface area contributed by atoms with E-state index in [-0.39, 0.29) is 0 Å². The van der Waals surface area contributed by atoms with Crippen molar-refractivity contribution in [1.29, 1.82) is 0 Å². The van der Waals surface area contributed by atoms with Crippen LogP contribution in [0.4, 0.5) is 5.82 Å². The lowest BCUT2D eigenvalue weighted by Crippen LogP contribution is -1.99. The molecule has 0 atom stereocenters. The number of rotatable bonds is 5. The maximum atomic E-state index is 4.23. The normalized spacial score (nSPS) is 10.3. The van der Waals surface area contributed by atoms with Crippen LogP contribution in [0.3, 0.4) is 0 Å². The SMILES string of the molecule is CCNc1cc(CSc2nncs2)ccn1. The Hall–Kier alpha value is -1.14. The summed E-state index contributed by atoms with van der Waals surface area (Å²) in [5.74, 6) is 1.83. The molecule has 0 aliphatic heterocycles. The highest BCUT2D eigenvalue weighted by atomic mass is 32.2. The molecule has 0 amide bonds. The maximum Gasteiger partial charge on any atom is 0.174 e. The fraction of sp³-hybridized carbons (Fsp3) is 0.300. The van der Waals surface area contributed by atoms with E-state index < -0.39 is 0 Å². The van der Waals surface area contributed by atoms with Gasteiger partial charge in [0.1, 0.15) is 11.3 Å². The van der Waals surface area contributed by atoms with Crippen molar-refractivity contribution in [3.63, 3.8) is 0 Å². The van der Waals surface area contributed by atoms with Crippen LogP contribution in [0.2, 0.25) is 0 Å². The molecule has 0 saturated carbocycles. The third-order valence-electron chi connectivity index (χ3n) is 1.88. The molecule has 4 nitrogen and oxygen atoms in total. The molecule has 1 N–H and O–H groups in total. The number of thioether (sulfide) groups is 1. The van der Waals surface area contributed by atoms with Gasteiger partial charge in [-0.2, -0.15) is 0 Å². The van der Waals surface area contributed by atoms with Gasteiger partial charge in [-0.25, -0.2) is 4.98 Å². The zero-order valence-electron chi connectivity index (χ0n) is 8.88. The lowest BCUT2D eigenvalue weighted by Gasteiger charge is -2.04. The number of hydrogen-bond acceptors (Lipinski definition) is 6. The van der Waals surface area contributed by atoms with E-state index in [0.29, 0.717) is 0 Å². The molecule has 16 heavy (non-hydrogen) atoms. The first-order valence-electron chi connectivity index (χ1n) is 4.96. The van der Waals surface area contributed by atoms with Crippen molar-refractivity contribution >= 4 is 28.9 Å². The molecule has 6 heteroatoms. The van der Waals surface area contributed by atoms with Crippen molar-refractivity contribution in [3.8, 4) is 0 Å². The molecule has 0 fully saturated rings. The zero-order chi connectivity index (χ0) is 11.2. The molecule has 2 rings (SSSR count). The van der Waals surface area contributed by atoms with Gasteiger partial charge >= 0.3 is 0 Å². The van der Waals surface area contributed by atoms with Crippen LogP contribution in [0, 0.1) is 0 Å². The van der Waals surface area contributed by atoms with Crippen LogP contribution in [0.15, 0.2) is 28.2 Å². The van der Waals surface area contributed by atoms with Gasteiger partial charge in [0.2, 0.25) is 0 Å². The van der Waals surface area contributed by atoms with Crippen LogP contribution in [0.1, 0.15) is 12.5 Å². The Bertz CT molecular complexity index is 430. The lowest BCUT2D eigenvalue weighted by atomic mass is 10.3. The first-order valence-corrected chi connectivity index (χ1v) is 6.83. The van der Waals surface area contributed by atoms with Crippen molar-refractivity contribution in [2.24, 2.45) is 0 Å². The quantitative estimate of drug-likeness (QED) is 0.829. The average Bonchev–Trinajstić information content (AvgIpc) is 2.80. The summed E-state index contributed by atoms with van der Waals surface area (Å²) in [6.45, 7) is 2.95. The Morgan fingerprint density at radius 1 is 1.50 bits per heavy atom. The number of anilines is 1. The molecule has 0 aromatic carbocycles. The van der Waals surface area contributed by atoms with Crippen molar-refractivity contribution in [2.75, 3.05) is 11.9 Å². The number of nitrogens with one attached hydrogen (secondary N) is 1. The van der Waals surface area contributed by atoms with E-state index in [1.54, 1.807) is 28.6 Å². The van der Waals surface area contributed by atoms with Gasteiger partial charge in [-0.3, -0.25) is 0 Å². The Kier molecular flexibility index (Phi) is 4.12. The van der Waals surface area contributed by atoms with Gasteiger partial charge in [0, 0.05) is 18.5 Å². The first-order chi connectivity index (χ1) is 7.88. The number of nitrogens with zero attached hydrogens (tertiary/aromatic N) is 3. The highest BCUT2D eigenvalue weighted by Crippen LogP contribution is 2.24. The minimum absolute atomic E-state index is 0.889. The molecule has 2 aromatic heterocycles. The topological polar surface area (TPSA) is 50.7 Å². The second-order valence-corrected chi connectivity index (χ2v) is 5.13. The van der Waals surface area contributed by atoms with Gasteiger partial charge in [0.05, 0.1) is 0 Å². The Morgan fingerprint density at radius 2 is 2.44 bits per heavy atom. The van der Waals surface area contributed by atoms with Crippen LogP contribution in [-0.2, 0) is 5.75 Å². The third-order valence-corrected chi connectivity index (χ3v) is 3.82. The maximum absolute atomic E-state index is 4.23. The molecule has 2 heterocycles. The summed E-state index contributed by atoms with van der Waals surface area (Å²) in [5, 5.41) is 11.0. The summed E-state index contributed by atoms with van der Waals surface area (Å²) < 4.78 is 1.00. The molecule has 0 saturated heterocycles. The lowest BCUT2D eigenvalue weighted by molar-refractivity contribution is 1.01. The Labute approximate surface area is 103 Å². The monoisotopic (exact) mass is 252 g/mol. The van der Waals surface area contributed by atoms with E-state index in [2.05, 4.69) is 33.5 Å². The predicted octanol–water partition coefficient (Wildman–Crippen LogP) is 2.66. The number of hydrogen-bond donors (Lipinski definition) is 1. The fourth-order valence-corrected chi connectivity index (χ4v) is 2.64. The second kappa shape index (κ2) is 5.81. The average molecular weight is 252 g/mol. The number of aromatic nitrogens is 3. The van der Waals surface area contributed by atoms with Crippen LogP contribution >= 0.6 is 23.1 Å². The molecule has 0 radical (unpaired) electrons. The summed E-state index contributed by atoms with van der Waals surface area (Å²) in [6, 6.07) is 4.09. The van der Waals surface area contributed by atoms with Crippen LogP contribution in [-0.4, -0.2) is 21.7 Å². The zero-order valence-corrected chi connectivity index (χ0v) is 10.5. The molecule has 0 aliphatic rings. The first kappa shape index (κ1) is 11.3. The molecule has 0 bridgehead atoms. The minimum atomic E-state index is 0.889. The van der Waals surface area contributed by atoms with Crippen molar-refractivity contribution in [1.82, 2.24) is 15.2 Å². The molecule has 84 valence electrons. The highest BCUT2D eigenvalue weighted by molar-refractivity contribution is 8.00. The van der Waals surface area contributed by atoms with Crippen LogP contribution < -0.4 is 5.32 Å². The fourth-order valence-electron chi connectivity index (χ4n) is 1.21. The second-order valence-electron chi connectivity index (χ2n) is 3.07. The largest absolute Gasteiger partial charge is 0.370 e. The smallest absolute Gasteiger partial charge is 0.174 e. The van der Waals surface area contributed by atoms with E-state index >= 15 is 0 Å². The Morgan fingerprint density at radius 3 is 3.19 bits per heavy atom.